The van der Waals surface area contributed by atoms with Crippen molar-refractivity contribution in [1.82, 2.24) is 10.2 Å². The lowest BCUT2D eigenvalue weighted by atomic mass is 10.2. The molecule has 0 radical (unpaired) electrons. The van der Waals surface area contributed by atoms with Gasteiger partial charge in [-0.05, 0) is 36.8 Å². The molecule has 1 aromatic heterocycles. The van der Waals surface area contributed by atoms with E-state index in [0.717, 1.165) is 0 Å². The molecule has 0 unspecified atom stereocenters. The van der Waals surface area contributed by atoms with Gasteiger partial charge >= 0.3 is 0 Å². The van der Waals surface area contributed by atoms with Gasteiger partial charge in [0, 0.05) is 5.69 Å². The van der Waals surface area contributed by atoms with E-state index in [4.69, 9.17) is 5.26 Å². The third kappa shape index (κ3) is 4.43. The number of hydrogen-bond donors (Lipinski definition) is 2. The number of benzene rings is 1. The fourth-order valence-corrected chi connectivity index (χ4v) is 2.81. The lowest BCUT2D eigenvalue weighted by Crippen LogP contribution is -2.17. The van der Waals surface area contributed by atoms with Crippen LogP contribution in [0.3, 0.4) is 0 Å². The molecule has 1 aromatic carbocycles. The Morgan fingerprint density at radius 3 is 2.55 bits per heavy atom. The van der Waals surface area contributed by atoms with Gasteiger partial charge in [0.15, 0.2) is 11.6 Å². The highest BCUT2D eigenvalue weighted by Gasteiger charge is 2.09. The zero-order valence-corrected chi connectivity index (χ0v) is 12.8. The zero-order chi connectivity index (χ0) is 16.0. The lowest BCUT2D eigenvalue weighted by Gasteiger charge is -2.07. The summed E-state index contributed by atoms with van der Waals surface area (Å²) in [6, 6.07) is 12.1. The molecule has 1 heterocycles. The number of nitriles is 1. The smallest absolute Gasteiger partial charge is 0.233 e. The Labute approximate surface area is 129 Å². The molecule has 0 fully saturated rings. The molecule has 0 saturated heterocycles. The molecule has 0 aliphatic carbocycles. The molecule has 0 spiro atoms. The number of nitrogens with zero attached hydrogens (tertiary/aromatic N) is 3. The van der Waals surface area contributed by atoms with Crippen molar-refractivity contribution in [1.29, 1.82) is 5.26 Å². The molecule has 0 atom stereocenters. The van der Waals surface area contributed by atoms with Crippen molar-refractivity contribution >= 4 is 27.3 Å². The number of anilines is 3. The average Bonchev–Trinajstić information content (AvgIpc) is 2.49. The topological polar surface area (TPSA) is 108 Å². The first-order chi connectivity index (χ1) is 10.5. The Kier molecular flexibility index (Phi) is 4.91. The molecule has 22 heavy (non-hydrogen) atoms. The van der Waals surface area contributed by atoms with Crippen LogP contribution in [0.15, 0.2) is 36.4 Å². The van der Waals surface area contributed by atoms with E-state index in [-0.39, 0.29) is 11.6 Å². The second-order valence-corrected chi connectivity index (χ2v) is 6.38. The first kappa shape index (κ1) is 15.7. The van der Waals surface area contributed by atoms with Crippen LogP contribution in [0.2, 0.25) is 0 Å². The maximum Gasteiger partial charge on any atom is 0.233 e. The predicted octanol–water partition coefficient (Wildman–Crippen LogP) is 2.24. The monoisotopic (exact) mass is 317 g/mol. The molecule has 8 heteroatoms. The van der Waals surface area contributed by atoms with Crippen molar-refractivity contribution in [3.63, 3.8) is 0 Å². The van der Waals surface area contributed by atoms with E-state index < -0.39 is 10.0 Å². The van der Waals surface area contributed by atoms with Gasteiger partial charge in [-0.1, -0.05) is 13.0 Å². The van der Waals surface area contributed by atoms with Gasteiger partial charge in [0.25, 0.3) is 0 Å². The molecule has 2 aromatic rings. The Balaban J connectivity index is 2.07. The SMILES string of the molecule is CCCS(=O)(=O)Nc1ccc(Nc2cccc(C#N)c2)nn1. The molecule has 0 saturated carbocycles. The molecule has 114 valence electrons. The predicted molar refractivity (Wildman–Crippen MR) is 84.2 cm³/mol. The number of sulfonamides is 1. The molecular formula is C14H15N5O2S. The minimum atomic E-state index is -3.37. The number of hydrogen-bond acceptors (Lipinski definition) is 6. The summed E-state index contributed by atoms with van der Waals surface area (Å²) in [5.41, 5.74) is 1.23. The molecular weight excluding hydrogens is 302 g/mol. The molecule has 2 N–H and O–H groups in total. The highest BCUT2D eigenvalue weighted by molar-refractivity contribution is 7.92. The van der Waals surface area contributed by atoms with Gasteiger partial charge in [-0.25, -0.2) is 8.42 Å². The van der Waals surface area contributed by atoms with Gasteiger partial charge in [-0.15, -0.1) is 10.2 Å². The van der Waals surface area contributed by atoms with Crippen LogP contribution in [0.25, 0.3) is 0 Å². The second kappa shape index (κ2) is 6.87. The van der Waals surface area contributed by atoms with E-state index in [0.29, 0.717) is 23.5 Å². The van der Waals surface area contributed by atoms with Crippen LogP contribution in [-0.2, 0) is 10.0 Å². The van der Waals surface area contributed by atoms with Crippen LogP contribution in [0.4, 0.5) is 17.3 Å². The van der Waals surface area contributed by atoms with Crippen LogP contribution < -0.4 is 10.0 Å². The fraction of sp³-hybridized carbons (Fsp3) is 0.214. The summed E-state index contributed by atoms with van der Waals surface area (Å²) in [5.74, 6) is 0.661. The van der Waals surface area contributed by atoms with Crippen LogP contribution in [0.1, 0.15) is 18.9 Å². The normalized spacial score (nSPS) is 10.7. The first-order valence-electron chi connectivity index (χ1n) is 6.64. The molecule has 0 aliphatic rings. The minimum absolute atomic E-state index is 0.0373. The average molecular weight is 317 g/mol. The zero-order valence-electron chi connectivity index (χ0n) is 11.9. The van der Waals surface area contributed by atoms with Gasteiger partial charge in [-0.2, -0.15) is 5.26 Å². The first-order valence-corrected chi connectivity index (χ1v) is 8.29. The summed E-state index contributed by atoms with van der Waals surface area (Å²) < 4.78 is 25.6. The van der Waals surface area contributed by atoms with Crippen molar-refractivity contribution in [3.05, 3.63) is 42.0 Å². The van der Waals surface area contributed by atoms with Crippen LogP contribution >= 0.6 is 0 Å². The van der Waals surface area contributed by atoms with Crippen molar-refractivity contribution in [2.75, 3.05) is 15.8 Å². The van der Waals surface area contributed by atoms with E-state index in [9.17, 15) is 8.42 Å². The van der Waals surface area contributed by atoms with Crippen LogP contribution in [-0.4, -0.2) is 24.4 Å². The summed E-state index contributed by atoms with van der Waals surface area (Å²) >= 11 is 0. The maximum absolute atomic E-state index is 11.6. The Morgan fingerprint density at radius 1 is 1.18 bits per heavy atom. The molecule has 0 aliphatic heterocycles. The van der Waals surface area contributed by atoms with Gasteiger partial charge in [0.1, 0.15) is 0 Å². The highest BCUT2D eigenvalue weighted by Crippen LogP contribution is 2.16. The van der Waals surface area contributed by atoms with Crippen molar-refractivity contribution in [2.24, 2.45) is 0 Å². The van der Waals surface area contributed by atoms with E-state index in [1.807, 2.05) is 6.07 Å². The van der Waals surface area contributed by atoms with Crippen molar-refractivity contribution in [3.8, 4) is 6.07 Å². The van der Waals surface area contributed by atoms with Gasteiger partial charge in [0.05, 0.1) is 17.4 Å². The van der Waals surface area contributed by atoms with Gasteiger partial charge in [-0.3, -0.25) is 4.72 Å². The Bertz CT molecular complexity index is 782. The number of nitrogens with one attached hydrogen (secondary N) is 2. The largest absolute Gasteiger partial charge is 0.339 e. The fourth-order valence-electron chi connectivity index (χ4n) is 1.75. The number of rotatable bonds is 6. The van der Waals surface area contributed by atoms with E-state index in [1.54, 1.807) is 37.3 Å². The Hall–Kier alpha value is -2.66. The molecule has 2 rings (SSSR count). The highest BCUT2D eigenvalue weighted by atomic mass is 32.2. The summed E-state index contributed by atoms with van der Waals surface area (Å²) in [4.78, 5) is 0. The number of aromatic nitrogens is 2. The summed E-state index contributed by atoms with van der Waals surface area (Å²) in [5, 5.41) is 19.6. The molecule has 0 amide bonds. The minimum Gasteiger partial charge on any atom is -0.339 e. The maximum atomic E-state index is 11.6. The van der Waals surface area contributed by atoms with Gasteiger partial charge in [0.2, 0.25) is 10.0 Å². The van der Waals surface area contributed by atoms with E-state index in [2.05, 4.69) is 20.2 Å². The third-order valence-electron chi connectivity index (χ3n) is 2.66. The molecule has 7 nitrogen and oxygen atoms in total. The van der Waals surface area contributed by atoms with Gasteiger partial charge < -0.3 is 5.32 Å². The second-order valence-electron chi connectivity index (χ2n) is 4.54. The van der Waals surface area contributed by atoms with E-state index in [1.165, 1.54) is 6.07 Å². The Morgan fingerprint density at radius 2 is 1.91 bits per heavy atom. The van der Waals surface area contributed by atoms with E-state index >= 15 is 0 Å². The van der Waals surface area contributed by atoms with Crippen LogP contribution in [0, 0.1) is 11.3 Å². The summed E-state index contributed by atoms with van der Waals surface area (Å²) in [6.07, 6.45) is 0.525. The molecule has 0 bridgehead atoms. The van der Waals surface area contributed by atoms with Crippen LogP contribution in [0.5, 0.6) is 0 Å². The third-order valence-corrected chi connectivity index (χ3v) is 4.13. The van der Waals surface area contributed by atoms with Crippen molar-refractivity contribution in [2.45, 2.75) is 13.3 Å². The van der Waals surface area contributed by atoms with Crippen molar-refractivity contribution < 1.29 is 8.42 Å². The lowest BCUT2D eigenvalue weighted by molar-refractivity contribution is 0.599. The standard InChI is InChI=1S/C14H15N5O2S/c1-2-8-22(20,21)19-14-7-6-13(17-18-14)16-12-5-3-4-11(9-12)10-15/h3-7,9H,2,8H2,1H3,(H,16,17)(H,18,19). The summed E-state index contributed by atoms with van der Waals surface area (Å²) in [7, 11) is -3.37. The quantitative estimate of drug-likeness (QED) is 0.846. The summed E-state index contributed by atoms with van der Waals surface area (Å²) in [6.45, 7) is 1.79.